The summed E-state index contributed by atoms with van der Waals surface area (Å²) in [6.45, 7) is 2.35. The van der Waals surface area contributed by atoms with E-state index < -0.39 is 0 Å². The summed E-state index contributed by atoms with van der Waals surface area (Å²) in [5.41, 5.74) is 8.48. The molecule has 1 saturated heterocycles. The third-order valence-corrected chi connectivity index (χ3v) is 3.55. The molecule has 14 heavy (non-hydrogen) atoms. The Morgan fingerprint density at radius 3 is 2.50 bits per heavy atom. The SMILES string of the molecule is Cl.Nc1ccc(C23CNCC2C3)cc1. The third kappa shape index (κ3) is 1.22. The fourth-order valence-corrected chi connectivity index (χ4v) is 2.60. The van der Waals surface area contributed by atoms with Gasteiger partial charge in [0.05, 0.1) is 0 Å². The first kappa shape index (κ1) is 9.81. The molecular weight excluding hydrogens is 196 g/mol. The Hall–Kier alpha value is -0.730. The maximum absolute atomic E-state index is 5.67. The summed E-state index contributed by atoms with van der Waals surface area (Å²) in [5, 5.41) is 3.44. The summed E-state index contributed by atoms with van der Waals surface area (Å²) in [5.74, 6) is 0.885. The smallest absolute Gasteiger partial charge is 0.0314 e. The predicted molar refractivity (Wildman–Crippen MR) is 60.8 cm³/mol. The average Bonchev–Trinajstić information content (AvgIpc) is 2.71. The lowest BCUT2D eigenvalue weighted by molar-refractivity contribution is 0.676. The average molecular weight is 211 g/mol. The van der Waals surface area contributed by atoms with Crippen molar-refractivity contribution in [2.24, 2.45) is 5.92 Å². The van der Waals surface area contributed by atoms with Gasteiger partial charge in [-0.05, 0) is 36.6 Å². The topological polar surface area (TPSA) is 38.0 Å². The van der Waals surface area contributed by atoms with Gasteiger partial charge in [0.1, 0.15) is 0 Å². The Bertz CT molecular complexity index is 336. The van der Waals surface area contributed by atoms with Crippen molar-refractivity contribution >= 4 is 18.1 Å². The molecule has 0 bridgehead atoms. The molecule has 2 fully saturated rings. The van der Waals surface area contributed by atoms with Gasteiger partial charge in [-0.2, -0.15) is 0 Å². The van der Waals surface area contributed by atoms with Gasteiger partial charge >= 0.3 is 0 Å². The van der Waals surface area contributed by atoms with E-state index in [1.807, 2.05) is 12.1 Å². The molecule has 0 spiro atoms. The monoisotopic (exact) mass is 210 g/mol. The summed E-state index contributed by atoms with van der Waals surface area (Å²) in [6, 6.07) is 8.39. The highest BCUT2D eigenvalue weighted by Gasteiger charge is 2.57. The zero-order valence-electron chi connectivity index (χ0n) is 7.99. The third-order valence-electron chi connectivity index (χ3n) is 3.55. The number of halogens is 1. The van der Waals surface area contributed by atoms with E-state index in [0.717, 1.165) is 18.2 Å². The lowest BCUT2D eigenvalue weighted by atomic mass is 9.95. The van der Waals surface area contributed by atoms with Gasteiger partial charge in [0.2, 0.25) is 0 Å². The summed E-state index contributed by atoms with van der Waals surface area (Å²) < 4.78 is 0. The molecule has 1 aromatic rings. The zero-order chi connectivity index (χ0) is 8.89. The van der Waals surface area contributed by atoms with Gasteiger partial charge in [-0.25, -0.2) is 0 Å². The van der Waals surface area contributed by atoms with Crippen LogP contribution in [0.3, 0.4) is 0 Å². The fraction of sp³-hybridized carbons (Fsp3) is 0.455. The standard InChI is InChI=1S/C11H14N2.ClH/c12-10-3-1-8(2-4-10)11-5-9(11)6-13-7-11;/h1-4,9,13H,5-7,12H2;1H. The van der Waals surface area contributed by atoms with E-state index in [1.165, 1.54) is 18.5 Å². The molecule has 1 heterocycles. The highest BCUT2D eigenvalue weighted by Crippen LogP contribution is 2.56. The van der Waals surface area contributed by atoms with Crippen molar-refractivity contribution in [2.45, 2.75) is 11.8 Å². The quantitative estimate of drug-likeness (QED) is 0.691. The second kappa shape index (κ2) is 3.14. The highest BCUT2D eigenvalue weighted by molar-refractivity contribution is 5.85. The van der Waals surface area contributed by atoms with Gasteiger partial charge in [-0.3, -0.25) is 0 Å². The van der Waals surface area contributed by atoms with Gasteiger partial charge in [0, 0.05) is 17.6 Å². The molecule has 3 heteroatoms. The molecule has 1 aliphatic carbocycles. The number of hydrogen-bond acceptors (Lipinski definition) is 2. The van der Waals surface area contributed by atoms with E-state index >= 15 is 0 Å². The second-order valence-corrected chi connectivity index (χ2v) is 4.31. The Balaban J connectivity index is 0.000000750. The molecule has 0 aromatic heterocycles. The lowest BCUT2D eigenvalue weighted by Crippen LogP contribution is -2.19. The van der Waals surface area contributed by atoms with Crippen molar-refractivity contribution in [3.8, 4) is 0 Å². The van der Waals surface area contributed by atoms with Gasteiger partial charge in [-0.1, -0.05) is 12.1 Å². The number of nitrogens with two attached hydrogens (primary N) is 1. The minimum atomic E-state index is 0. The molecule has 2 nitrogen and oxygen atoms in total. The van der Waals surface area contributed by atoms with E-state index in [1.54, 1.807) is 0 Å². The summed E-state index contributed by atoms with van der Waals surface area (Å²) in [4.78, 5) is 0. The summed E-state index contributed by atoms with van der Waals surface area (Å²) in [7, 11) is 0. The van der Waals surface area contributed by atoms with E-state index in [9.17, 15) is 0 Å². The van der Waals surface area contributed by atoms with Gasteiger partial charge in [-0.15, -0.1) is 12.4 Å². The van der Waals surface area contributed by atoms with Gasteiger partial charge < -0.3 is 11.1 Å². The largest absolute Gasteiger partial charge is 0.399 e. The van der Waals surface area contributed by atoms with Crippen LogP contribution in [-0.2, 0) is 5.41 Å². The number of nitrogens with one attached hydrogen (secondary N) is 1. The van der Waals surface area contributed by atoms with Crippen LogP contribution in [0.2, 0.25) is 0 Å². The molecule has 3 rings (SSSR count). The first-order valence-corrected chi connectivity index (χ1v) is 4.88. The Morgan fingerprint density at radius 1 is 1.29 bits per heavy atom. The minimum absolute atomic E-state index is 0. The van der Waals surface area contributed by atoms with Crippen molar-refractivity contribution in [3.05, 3.63) is 29.8 Å². The van der Waals surface area contributed by atoms with Crippen LogP contribution in [0.25, 0.3) is 0 Å². The Labute approximate surface area is 90.3 Å². The molecule has 1 aromatic carbocycles. The molecule has 2 unspecified atom stereocenters. The molecule has 3 N–H and O–H groups in total. The number of hydrogen-bond donors (Lipinski definition) is 2. The molecule has 0 radical (unpaired) electrons. The van der Waals surface area contributed by atoms with Crippen LogP contribution in [0.1, 0.15) is 12.0 Å². The van der Waals surface area contributed by atoms with Crippen molar-refractivity contribution in [1.29, 1.82) is 0 Å². The lowest BCUT2D eigenvalue weighted by Gasteiger charge is -2.11. The van der Waals surface area contributed by atoms with Crippen LogP contribution in [-0.4, -0.2) is 13.1 Å². The van der Waals surface area contributed by atoms with E-state index in [0.29, 0.717) is 5.41 Å². The van der Waals surface area contributed by atoms with E-state index in [4.69, 9.17) is 5.73 Å². The number of anilines is 1. The fourth-order valence-electron chi connectivity index (χ4n) is 2.60. The van der Waals surface area contributed by atoms with Crippen LogP contribution in [0.15, 0.2) is 24.3 Å². The molecule has 0 amide bonds. The van der Waals surface area contributed by atoms with E-state index in [-0.39, 0.29) is 12.4 Å². The predicted octanol–water partition coefficient (Wildman–Crippen LogP) is 1.55. The van der Waals surface area contributed by atoms with Gasteiger partial charge in [0.15, 0.2) is 0 Å². The second-order valence-electron chi connectivity index (χ2n) is 4.31. The molecule has 1 aliphatic heterocycles. The zero-order valence-corrected chi connectivity index (χ0v) is 8.81. The van der Waals surface area contributed by atoms with Crippen LogP contribution in [0, 0.1) is 5.92 Å². The van der Waals surface area contributed by atoms with Crippen molar-refractivity contribution in [1.82, 2.24) is 5.32 Å². The van der Waals surface area contributed by atoms with Crippen LogP contribution < -0.4 is 11.1 Å². The number of rotatable bonds is 1. The minimum Gasteiger partial charge on any atom is -0.399 e. The Morgan fingerprint density at radius 2 is 2.00 bits per heavy atom. The summed E-state index contributed by atoms with van der Waals surface area (Å²) in [6.07, 6.45) is 1.36. The molecular formula is C11H15ClN2. The normalized spacial score (nSPS) is 33.3. The first-order chi connectivity index (χ1) is 6.31. The first-order valence-electron chi connectivity index (χ1n) is 4.88. The van der Waals surface area contributed by atoms with Crippen molar-refractivity contribution in [2.75, 3.05) is 18.8 Å². The maximum atomic E-state index is 5.67. The molecule has 2 atom stereocenters. The number of piperidine rings is 1. The number of benzene rings is 1. The van der Waals surface area contributed by atoms with Crippen molar-refractivity contribution in [3.63, 3.8) is 0 Å². The van der Waals surface area contributed by atoms with Crippen molar-refractivity contribution < 1.29 is 0 Å². The van der Waals surface area contributed by atoms with Crippen LogP contribution in [0.5, 0.6) is 0 Å². The number of fused-ring (bicyclic) bond motifs is 1. The Kier molecular flexibility index (Phi) is 2.20. The maximum Gasteiger partial charge on any atom is 0.0314 e. The van der Waals surface area contributed by atoms with Crippen LogP contribution in [0.4, 0.5) is 5.69 Å². The van der Waals surface area contributed by atoms with Gasteiger partial charge in [0.25, 0.3) is 0 Å². The molecule has 1 saturated carbocycles. The van der Waals surface area contributed by atoms with Crippen LogP contribution >= 0.6 is 12.4 Å². The highest BCUT2D eigenvalue weighted by atomic mass is 35.5. The molecule has 76 valence electrons. The van der Waals surface area contributed by atoms with E-state index in [2.05, 4.69) is 17.4 Å². The summed E-state index contributed by atoms with van der Waals surface area (Å²) >= 11 is 0. The molecule has 2 aliphatic rings. The number of nitrogen functional groups attached to an aromatic ring is 1.